The van der Waals surface area contributed by atoms with Gasteiger partial charge >= 0.3 is 5.69 Å². The van der Waals surface area contributed by atoms with Crippen molar-refractivity contribution in [3.63, 3.8) is 0 Å². The quantitative estimate of drug-likeness (QED) is 0.634. The lowest BCUT2D eigenvalue weighted by atomic mass is 10.2. The van der Waals surface area contributed by atoms with Crippen LogP contribution in [0.25, 0.3) is 0 Å². The van der Waals surface area contributed by atoms with E-state index < -0.39 is 4.92 Å². The molecule has 122 valence electrons. The molecule has 2 aromatic rings. The van der Waals surface area contributed by atoms with Crippen LogP contribution >= 0.6 is 0 Å². The van der Waals surface area contributed by atoms with Gasteiger partial charge in [-0.1, -0.05) is 6.07 Å². The number of rotatable bonds is 4. The summed E-state index contributed by atoms with van der Waals surface area (Å²) in [6, 6.07) is 5.69. The Labute approximate surface area is 133 Å². The highest BCUT2D eigenvalue weighted by Crippen LogP contribution is 2.33. The highest BCUT2D eigenvalue weighted by atomic mass is 16.6. The molecule has 3 rings (SSSR count). The lowest BCUT2D eigenvalue weighted by molar-refractivity contribution is -0.384. The van der Waals surface area contributed by atoms with Crippen LogP contribution in [-0.4, -0.2) is 35.0 Å². The second kappa shape index (κ2) is 5.79. The molecule has 1 aliphatic rings. The topological polar surface area (TPSA) is 82.7 Å². The first-order chi connectivity index (χ1) is 11.0. The van der Waals surface area contributed by atoms with Gasteiger partial charge in [0, 0.05) is 20.6 Å². The van der Waals surface area contributed by atoms with E-state index in [0.29, 0.717) is 37.0 Å². The van der Waals surface area contributed by atoms with E-state index in [9.17, 15) is 10.1 Å². The predicted octanol–water partition coefficient (Wildman–Crippen LogP) is 2.04. The van der Waals surface area contributed by atoms with E-state index >= 15 is 0 Å². The van der Waals surface area contributed by atoms with Crippen molar-refractivity contribution in [3.8, 4) is 11.5 Å². The molecule has 0 spiro atoms. The molecule has 0 aliphatic carbocycles. The minimum absolute atomic E-state index is 0.0348. The molecular formula is C15H18N4O4. The van der Waals surface area contributed by atoms with Gasteiger partial charge in [0.1, 0.15) is 18.9 Å². The van der Waals surface area contributed by atoms with Gasteiger partial charge in [0.25, 0.3) is 0 Å². The van der Waals surface area contributed by atoms with E-state index in [1.807, 2.05) is 23.1 Å². The Balaban J connectivity index is 1.88. The monoisotopic (exact) mass is 318 g/mol. The van der Waals surface area contributed by atoms with Crippen LogP contribution < -0.4 is 14.4 Å². The zero-order valence-corrected chi connectivity index (χ0v) is 13.3. The fourth-order valence-electron chi connectivity index (χ4n) is 2.81. The molecule has 0 unspecified atom stereocenters. The Kier molecular flexibility index (Phi) is 3.81. The Morgan fingerprint density at radius 2 is 2.04 bits per heavy atom. The van der Waals surface area contributed by atoms with Gasteiger partial charge in [-0.15, -0.1) is 0 Å². The Hall–Kier alpha value is -2.77. The summed E-state index contributed by atoms with van der Waals surface area (Å²) in [7, 11) is 3.51. The largest absolute Gasteiger partial charge is 0.486 e. The third-order valence-electron chi connectivity index (χ3n) is 3.73. The SMILES string of the molecule is Cc1nn(C)c(N(C)Cc2ccc3c(c2)OCCO3)c1[N+](=O)[O-]. The minimum atomic E-state index is -0.391. The van der Waals surface area contributed by atoms with E-state index in [4.69, 9.17) is 9.47 Å². The number of aromatic nitrogens is 2. The summed E-state index contributed by atoms with van der Waals surface area (Å²) in [4.78, 5) is 12.7. The maximum Gasteiger partial charge on any atom is 0.333 e. The van der Waals surface area contributed by atoms with Crippen LogP contribution in [0.5, 0.6) is 11.5 Å². The zero-order valence-electron chi connectivity index (χ0n) is 13.3. The Morgan fingerprint density at radius 3 is 2.74 bits per heavy atom. The summed E-state index contributed by atoms with van der Waals surface area (Å²) < 4.78 is 12.6. The lowest BCUT2D eigenvalue weighted by Gasteiger charge is -2.21. The summed E-state index contributed by atoms with van der Waals surface area (Å²) in [5.41, 5.74) is 1.42. The van der Waals surface area contributed by atoms with E-state index in [1.54, 1.807) is 21.0 Å². The van der Waals surface area contributed by atoms with Crippen molar-refractivity contribution in [3.05, 3.63) is 39.6 Å². The highest BCUT2D eigenvalue weighted by Gasteiger charge is 2.27. The molecule has 8 nitrogen and oxygen atoms in total. The average Bonchev–Trinajstić information content (AvgIpc) is 2.81. The summed E-state index contributed by atoms with van der Waals surface area (Å²) in [6.07, 6.45) is 0. The number of hydrogen-bond acceptors (Lipinski definition) is 6. The summed E-state index contributed by atoms with van der Waals surface area (Å²) >= 11 is 0. The maximum atomic E-state index is 11.3. The molecule has 0 saturated carbocycles. The first kappa shape index (κ1) is 15.1. The summed E-state index contributed by atoms with van der Waals surface area (Å²) in [5.74, 6) is 1.91. The molecule has 8 heteroatoms. The molecule has 1 aromatic carbocycles. The first-order valence-electron chi connectivity index (χ1n) is 7.25. The van der Waals surface area contributed by atoms with E-state index in [0.717, 1.165) is 11.3 Å². The third-order valence-corrected chi connectivity index (χ3v) is 3.73. The van der Waals surface area contributed by atoms with Gasteiger partial charge in [-0.25, -0.2) is 4.68 Å². The molecule has 0 N–H and O–H groups in total. The van der Waals surface area contributed by atoms with E-state index in [2.05, 4.69) is 5.10 Å². The van der Waals surface area contributed by atoms with Crippen molar-refractivity contribution in [1.29, 1.82) is 0 Å². The Bertz CT molecular complexity index is 756. The molecule has 0 amide bonds. The van der Waals surface area contributed by atoms with Crippen LogP contribution in [0, 0.1) is 17.0 Å². The van der Waals surface area contributed by atoms with Gasteiger partial charge in [0.05, 0.1) is 4.92 Å². The fraction of sp³-hybridized carbons (Fsp3) is 0.400. The molecular weight excluding hydrogens is 300 g/mol. The van der Waals surface area contributed by atoms with Crippen molar-refractivity contribution in [2.45, 2.75) is 13.5 Å². The van der Waals surface area contributed by atoms with E-state index in [1.165, 1.54) is 4.68 Å². The number of nitrogens with zero attached hydrogens (tertiary/aromatic N) is 4. The number of hydrogen-bond donors (Lipinski definition) is 0. The molecule has 0 radical (unpaired) electrons. The molecule has 1 aromatic heterocycles. The molecule has 0 saturated heterocycles. The molecule has 0 atom stereocenters. The Morgan fingerprint density at radius 1 is 1.35 bits per heavy atom. The van der Waals surface area contributed by atoms with Gasteiger partial charge < -0.3 is 14.4 Å². The van der Waals surface area contributed by atoms with Gasteiger partial charge in [-0.3, -0.25) is 10.1 Å². The van der Waals surface area contributed by atoms with Crippen molar-refractivity contribution in [2.75, 3.05) is 25.2 Å². The minimum Gasteiger partial charge on any atom is -0.486 e. The van der Waals surface area contributed by atoms with Crippen LogP contribution in [-0.2, 0) is 13.6 Å². The van der Waals surface area contributed by atoms with Crippen LogP contribution in [0.3, 0.4) is 0 Å². The molecule has 23 heavy (non-hydrogen) atoms. The lowest BCUT2D eigenvalue weighted by Crippen LogP contribution is -2.21. The standard InChI is InChI=1S/C15H18N4O4/c1-10-14(19(20)21)15(18(3)16-10)17(2)9-11-4-5-12-13(8-11)23-7-6-22-12/h4-5,8H,6-7,9H2,1-3H3. The number of nitro groups is 1. The van der Waals surface area contributed by atoms with Crippen LogP contribution in [0.2, 0.25) is 0 Å². The van der Waals surface area contributed by atoms with Gasteiger partial charge in [-0.05, 0) is 24.6 Å². The molecule has 0 bridgehead atoms. The number of fused-ring (bicyclic) bond motifs is 1. The van der Waals surface area contributed by atoms with Crippen molar-refractivity contribution < 1.29 is 14.4 Å². The van der Waals surface area contributed by atoms with Gasteiger partial charge in [-0.2, -0.15) is 5.10 Å². The first-order valence-corrected chi connectivity index (χ1v) is 7.25. The van der Waals surface area contributed by atoms with E-state index in [-0.39, 0.29) is 5.69 Å². The molecule has 2 heterocycles. The molecule has 1 aliphatic heterocycles. The predicted molar refractivity (Wildman–Crippen MR) is 84.1 cm³/mol. The second-order valence-electron chi connectivity index (χ2n) is 5.47. The van der Waals surface area contributed by atoms with Crippen LogP contribution in [0.1, 0.15) is 11.3 Å². The average molecular weight is 318 g/mol. The number of ether oxygens (including phenoxy) is 2. The normalized spacial score (nSPS) is 13.0. The summed E-state index contributed by atoms with van der Waals surface area (Å²) in [5, 5.41) is 15.4. The highest BCUT2D eigenvalue weighted by molar-refractivity contribution is 5.61. The van der Waals surface area contributed by atoms with Gasteiger partial charge in [0.15, 0.2) is 11.5 Å². The summed E-state index contributed by atoms with van der Waals surface area (Å²) in [6.45, 7) is 3.21. The second-order valence-corrected chi connectivity index (χ2v) is 5.47. The zero-order chi connectivity index (χ0) is 16.6. The fourth-order valence-corrected chi connectivity index (χ4v) is 2.81. The number of aryl methyl sites for hydroxylation is 2. The number of anilines is 1. The van der Waals surface area contributed by atoms with Crippen LogP contribution in [0.4, 0.5) is 11.5 Å². The number of benzene rings is 1. The maximum absolute atomic E-state index is 11.3. The molecule has 0 fully saturated rings. The van der Waals surface area contributed by atoms with Crippen LogP contribution in [0.15, 0.2) is 18.2 Å². The smallest absolute Gasteiger partial charge is 0.333 e. The van der Waals surface area contributed by atoms with Crippen molar-refractivity contribution in [2.24, 2.45) is 7.05 Å². The van der Waals surface area contributed by atoms with Crippen molar-refractivity contribution >= 4 is 11.5 Å². The van der Waals surface area contributed by atoms with Crippen molar-refractivity contribution in [1.82, 2.24) is 9.78 Å². The third kappa shape index (κ3) is 2.79. The van der Waals surface area contributed by atoms with Gasteiger partial charge in [0.2, 0.25) is 5.82 Å².